The number of hydrogen-bond acceptors (Lipinski definition) is 6. The molecule has 2 aromatic carbocycles. The minimum absolute atomic E-state index is 0.313. The first kappa shape index (κ1) is 30.0. The number of aliphatic hydroxyl groups excluding tert-OH is 2. The van der Waals surface area contributed by atoms with E-state index >= 15 is 0 Å². The fraction of sp³-hybridized carbons (Fsp3) is 0.600. The van der Waals surface area contributed by atoms with E-state index in [-0.39, 0.29) is 6.61 Å². The van der Waals surface area contributed by atoms with Crippen LogP contribution in [0.25, 0.3) is 0 Å². The van der Waals surface area contributed by atoms with Gasteiger partial charge < -0.3 is 29.2 Å². The number of aliphatic hydroxyl groups is 2. The van der Waals surface area contributed by atoms with Crippen LogP contribution in [0, 0.1) is 0 Å². The molecule has 0 aromatic heterocycles. The molecule has 7 heteroatoms. The van der Waals surface area contributed by atoms with E-state index in [1.54, 1.807) is 0 Å². The highest BCUT2D eigenvalue weighted by Crippen LogP contribution is 2.43. The number of ether oxygens (including phenoxy) is 3. The first-order chi connectivity index (χ1) is 17.8. The van der Waals surface area contributed by atoms with Crippen LogP contribution in [0.5, 0.6) is 0 Å². The topological polar surface area (TPSA) is 88.4 Å². The van der Waals surface area contributed by atoms with Crippen LogP contribution in [0.2, 0.25) is 5.04 Å². The Kier molecular flexibility index (Phi) is 11.3. The Morgan fingerprint density at radius 1 is 0.811 bits per heavy atom. The summed E-state index contributed by atoms with van der Waals surface area (Å²) in [4.78, 5) is 12.6. The molecule has 0 bridgehead atoms. The molecular formula is C30H46O6Si. The van der Waals surface area contributed by atoms with Crippen LogP contribution in [-0.4, -0.2) is 73.7 Å². The van der Waals surface area contributed by atoms with Crippen molar-refractivity contribution in [3.8, 4) is 0 Å². The van der Waals surface area contributed by atoms with Gasteiger partial charge in [-0.05, 0) is 34.7 Å². The Balaban J connectivity index is 1.99. The molecule has 1 aliphatic heterocycles. The van der Waals surface area contributed by atoms with Crippen molar-refractivity contribution in [1.82, 2.24) is 0 Å². The molecule has 0 spiro atoms. The molecular weight excluding hydrogens is 484 g/mol. The zero-order chi connectivity index (χ0) is 26.9. The van der Waals surface area contributed by atoms with Gasteiger partial charge in [-0.25, -0.2) is 0 Å². The lowest BCUT2D eigenvalue weighted by molar-refractivity contribution is -0.255. The molecule has 206 valence electrons. The van der Waals surface area contributed by atoms with E-state index in [1.807, 2.05) is 60.7 Å². The molecule has 3 rings (SSSR count). The van der Waals surface area contributed by atoms with Crippen molar-refractivity contribution in [3.05, 3.63) is 60.7 Å². The lowest BCUT2D eigenvalue weighted by Gasteiger charge is -2.49. The van der Waals surface area contributed by atoms with Gasteiger partial charge in [0.2, 0.25) is 0 Å². The third kappa shape index (κ3) is 6.90. The summed E-state index contributed by atoms with van der Waals surface area (Å²) < 4.78 is 18.9. The van der Waals surface area contributed by atoms with Crippen molar-refractivity contribution in [2.45, 2.75) is 95.4 Å². The first-order valence-corrected chi connectivity index (χ1v) is 15.8. The second-order valence-corrected chi connectivity index (χ2v) is 14.7. The maximum atomic E-state index is 12.6. The molecule has 1 aliphatic rings. The lowest BCUT2D eigenvalue weighted by Crippen LogP contribution is -2.67. The average Bonchev–Trinajstić information content (AvgIpc) is 2.91. The van der Waals surface area contributed by atoms with Crippen molar-refractivity contribution in [3.63, 3.8) is 0 Å². The van der Waals surface area contributed by atoms with Gasteiger partial charge in [-0.15, -0.1) is 0 Å². The molecule has 5 atom stereocenters. The Morgan fingerprint density at radius 3 is 1.76 bits per heavy atom. The van der Waals surface area contributed by atoms with Gasteiger partial charge in [0, 0.05) is 13.2 Å². The number of rotatable bonds is 14. The Hall–Kier alpha value is -1.58. The number of hydrogen-bond donors (Lipinski definition) is 3. The predicted octanol–water partition coefficient (Wildman–Crippen LogP) is 3.40. The lowest BCUT2D eigenvalue weighted by atomic mass is 9.89. The van der Waals surface area contributed by atoms with Crippen molar-refractivity contribution in [1.29, 1.82) is 0 Å². The average molecular weight is 531 g/mol. The summed E-state index contributed by atoms with van der Waals surface area (Å²) in [6.07, 6.45) is 0.853. The highest BCUT2D eigenvalue weighted by atomic mass is 28.4. The predicted molar refractivity (Wildman–Crippen MR) is 150 cm³/mol. The molecule has 3 unspecified atom stereocenters. The van der Waals surface area contributed by atoms with Gasteiger partial charge in [0.25, 0.3) is 8.32 Å². The van der Waals surface area contributed by atoms with Crippen molar-refractivity contribution in [2.75, 3.05) is 19.8 Å². The zero-order valence-electron chi connectivity index (χ0n) is 22.9. The summed E-state index contributed by atoms with van der Waals surface area (Å²) in [6, 6.07) is 19.8. The van der Waals surface area contributed by atoms with Gasteiger partial charge in [-0.1, -0.05) is 101 Å². The van der Waals surface area contributed by atoms with Gasteiger partial charge in [0.1, 0.15) is 24.4 Å². The molecule has 0 radical (unpaired) electrons. The van der Waals surface area contributed by atoms with Crippen LogP contribution >= 0.6 is 0 Å². The molecule has 0 amide bonds. The molecule has 1 heterocycles. The van der Waals surface area contributed by atoms with Crippen LogP contribution in [-0.2, 0) is 14.2 Å². The van der Waals surface area contributed by atoms with Gasteiger partial charge in [0.15, 0.2) is 0 Å². The maximum Gasteiger partial charge on any atom is 0.258 e. The minimum Gasteiger partial charge on any atom is -0.424 e. The standard InChI is InChI=1S/C30H46O6Si/c1-5-7-19-34-28-25(36-26(22-31)27(32)29(28)35-20-8-6-2)21-30(3,4)37(33,23-15-11-9-12-16-23)24-17-13-10-14-18-24/h9-18,25-29,31-33H,5-8,19-22H2,1-4H3/t25-,26?,27+,28?,29?/m0/s1. The summed E-state index contributed by atoms with van der Waals surface area (Å²) in [7, 11) is -3.28. The molecule has 1 saturated heterocycles. The minimum atomic E-state index is -3.28. The second kappa shape index (κ2) is 14.0. The van der Waals surface area contributed by atoms with E-state index in [4.69, 9.17) is 14.2 Å². The van der Waals surface area contributed by atoms with E-state index in [2.05, 4.69) is 27.7 Å². The van der Waals surface area contributed by atoms with Gasteiger partial charge >= 0.3 is 0 Å². The fourth-order valence-electron chi connectivity index (χ4n) is 5.40. The van der Waals surface area contributed by atoms with Gasteiger partial charge in [0.05, 0.1) is 12.7 Å². The molecule has 3 N–H and O–H groups in total. The van der Waals surface area contributed by atoms with Crippen LogP contribution in [0.1, 0.15) is 59.8 Å². The zero-order valence-corrected chi connectivity index (χ0v) is 23.9. The number of unbranched alkanes of at least 4 members (excludes halogenated alkanes) is 2. The van der Waals surface area contributed by atoms with E-state index in [1.165, 1.54) is 0 Å². The third-order valence-corrected chi connectivity index (χ3v) is 12.1. The highest BCUT2D eigenvalue weighted by Gasteiger charge is 2.54. The first-order valence-electron chi connectivity index (χ1n) is 13.8. The van der Waals surface area contributed by atoms with E-state index in [9.17, 15) is 15.0 Å². The maximum absolute atomic E-state index is 12.6. The van der Waals surface area contributed by atoms with E-state index in [0.29, 0.717) is 19.6 Å². The Bertz CT molecular complexity index is 869. The Morgan fingerprint density at radius 2 is 1.30 bits per heavy atom. The highest BCUT2D eigenvalue weighted by molar-refractivity contribution is 6.98. The van der Waals surface area contributed by atoms with Crippen molar-refractivity contribution >= 4 is 18.7 Å². The molecule has 1 fully saturated rings. The molecule has 0 saturated carbocycles. The molecule has 2 aromatic rings. The quantitative estimate of drug-likeness (QED) is 0.256. The van der Waals surface area contributed by atoms with Crippen molar-refractivity contribution < 1.29 is 29.2 Å². The molecule has 0 aliphatic carbocycles. The van der Waals surface area contributed by atoms with Crippen LogP contribution in [0.15, 0.2) is 60.7 Å². The van der Waals surface area contributed by atoms with Crippen molar-refractivity contribution in [2.24, 2.45) is 0 Å². The normalized spacial score (nSPS) is 24.8. The van der Waals surface area contributed by atoms with E-state index < -0.39 is 43.9 Å². The SMILES string of the molecule is CCCCOC1C(OCCCC)[C@H](CC(C)(C)[Si](O)(c2ccccc2)c2ccccc2)OC(CO)[C@H]1O. The summed E-state index contributed by atoms with van der Waals surface area (Å²) in [5.74, 6) is 0. The van der Waals surface area contributed by atoms with Gasteiger partial charge in [-0.3, -0.25) is 0 Å². The molecule has 37 heavy (non-hydrogen) atoms. The summed E-state index contributed by atoms with van der Waals surface area (Å²) >= 11 is 0. The monoisotopic (exact) mass is 530 g/mol. The molecule has 6 nitrogen and oxygen atoms in total. The Labute approximate surface area is 223 Å². The van der Waals surface area contributed by atoms with E-state index in [0.717, 1.165) is 36.1 Å². The van der Waals surface area contributed by atoms with Gasteiger partial charge in [-0.2, -0.15) is 0 Å². The van der Waals surface area contributed by atoms with Crippen LogP contribution in [0.3, 0.4) is 0 Å². The van der Waals surface area contributed by atoms with Crippen LogP contribution < -0.4 is 10.4 Å². The number of benzene rings is 2. The smallest absolute Gasteiger partial charge is 0.258 e. The summed E-state index contributed by atoms with van der Waals surface area (Å²) in [5.41, 5.74) is 0. The summed E-state index contributed by atoms with van der Waals surface area (Å²) in [5, 5.41) is 22.4. The largest absolute Gasteiger partial charge is 0.424 e. The third-order valence-electron chi connectivity index (χ3n) is 7.63. The second-order valence-electron chi connectivity index (χ2n) is 10.8. The fourth-order valence-corrected chi connectivity index (χ4v) is 9.14. The van der Waals surface area contributed by atoms with Crippen LogP contribution in [0.4, 0.5) is 0 Å². The summed E-state index contributed by atoms with van der Waals surface area (Å²) in [6.45, 7) is 9.12.